The summed E-state index contributed by atoms with van der Waals surface area (Å²) in [5, 5.41) is 23.8. The monoisotopic (exact) mass is 352 g/mol. The number of carbonyl (C=O) groups is 2. The second kappa shape index (κ2) is 6.27. The molecule has 26 heavy (non-hydrogen) atoms. The molecule has 2 unspecified atom stereocenters. The average Bonchev–Trinajstić information content (AvgIpc) is 3.25. The molecule has 0 saturated carbocycles. The van der Waals surface area contributed by atoms with Gasteiger partial charge >= 0.3 is 5.97 Å². The molecule has 2 heterocycles. The highest BCUT2D eigenvalue weighted by atomic mass is 16.5. The summed E-state index contributed by atoms with van der Waals surface area (Å²) < 4.78 is 5.43. The van der Waals surface area contributed by atoms with Crippen LogP contribution in [0.15, 0.2) is 53.1 Å². The molecule has 0 radical (unpaired) electrons. The molecule has 4 rings (SSSR count). The fraction of sp³-hybridized carbons (Fsp3) is 0.211. The number of benzene rings is 2. The fourth-order valence-corrected chi connectivity index (χ4v) is 3.31. The molecule has 2 N–H and O–H groups in total. The van der Waals surface area contributed by atoms with E-state index in [1.165, 1.54) is 4.90 Å². The summed E-state index contributed by atoms with van der Waals surface area (Å²) in [6.45, 7) is 0.00299. The molecule has 1 amide bonds. The lowest BCUT2D eigenvalue weighted by molar-refractivity contribution is -0.141. The Hall–Kier alpha value is -3.19. The number of nitrogens with zero attached hydrogens (tertiary/aromatic N) is 2. The van der Waals surface area contributed by atoms with Gasteiger partial charge in [-0.25, -0.2) is 4.79 Å². The number of aliphatic carboxylic acids is 1. The first-order valence-corrected chi connectivity index (χ1v) is 8.21. The van der Waals surface area contributed by atoms with E-state index in [2.05, 4.69) is 5.16 Å². The van der Waals surface area contributed by atoms with Crippen LogP contribution in [0.4, 0.5) is 0 Å². The van der Waals surface area contributed by atoms with Gasteiger partial charge in [0.25, 0.3) is 5.91 Å². The van der Waals surface area contributed by atoms with E-state index < -0.39 is 24.0 Å². The molecule has 3 aromatic rings. The van der Waals surface area contributed by atoms with Crippen molar-refractivity contribution < 1.29 is 24.3 Å². The van der Waals surface area contributed by atoms with Gasteiger partial charge < -0.3 is 19.6 Å². The quantitative estimate of drug-likeness (QED) is 0.748. The largest absolute Gasteiger partial charge is 0.480 e. The number of hydrogen-bond donors (Lipinski definition) is 2. The number of aromatic nitrogens is 1. The number of carboxylic acid groups (broad SMARTS) is 1. The smallest absolute Gasteiger partial charge is 0.326 e. The summed E-state index contributed by atoms with van der Waals surface area (Å²) in [4.78, 5) is 25.4. The fourth-order valence-electron chi connectivity index (χ4n) is 3.31. The van der Waals surface area contributed by atoms with Gasteiger partial charge in [0.05, 0.1) is 11.5 Å². The molecule has 2 aromatic carbocycles. The Labute approximate surface area is 148 Å². The maximum atomic E-state index is 12.8. The SMILES string of the molecule is O=C(O)C1CC(O)CN1C(=O)c1ccc2noc(-c3ccccc3)c2c1. The third kappa shape index (κ3) is 2.72. The van der Waals surface area contributed by atoms with E-state index in [9.17, 15) is 19.8 Å². The van der Waals surface area contributed by atoms with Crippen molar-refractivity contribution in [3.8, 4) is 11.3 Å². The molecule has 0 bridgehead atoms. The topological polar surface area (TPSA) is 104 Å². The van der Waals surface area contributed by atoms with Crippen molar-refractivity contribution in [1.82, 2.24) is 10.1 Å². The molecule has 7 nitrogen and oxygen atoms in total. The van der Waals surface area contributed by atoms with Crippen molar-refractivity contribution in [2.24, 2.45) is 0 Å². The molecule has 1 saturated heterocycles. The van der Waals surface area contributed by atoms with Crippen LogP contribution < -0.4 is 0 Å². The summed E-state index contributed by atoms with van der Waals surface area (Å²) in [6, 6.07) is 13.3. The van der Waals surface area contributed by atoms with E-state index in [-0.39, 0.29) is 13.0 Å². The van der Waals surface area contributed by atoms with Gasteiger partial charge in [-0.3, -0.25) is 4.79 Å². The van der Waals surface area contributed by atoms with E-state index in [4.69, 9.17) is 4.52 Å². The van der Waals surface area contributed by atoms with Gasteiger partial charge in [-0.1, -0.05) is 35.5 Å². The zero-order chi connectivity index (χ0) is 18.3. The lowest BCUT2D eigenvalue weighted by atomic mass is 10.1. The van der Waals surface area contributed by atoms with Gasteiger partial charge in [0, 0.05) is 24.1 Å². The van der Waals surface area contributed by atoms with Crippen molar-refractivity contribution >= 4 is 22.8 Å². The van der Waals surface area contributed by atoms with Crippen molar-refractivity contribution in [2.45, 2.75) is 18.6 Å². The normalized spacial score (nSPS) is 19.8. The second-order valence-electron chi connectivity index (χ2n) is 6.31. The number of amides is 1. The van der Waals surface area contributed by atoms with Crippen molar-refractivity contribution in [3.63, 3.8) is 0 Å². The lowest BCUT2D eigenvalue weighted by Crippen LogP contribution is -2.40. The highest BCUT2D eigenvalue weighted by molar-refractivity contribution is 6.02. The number of fused-ring (bicyclic) bond motifs is 1. The van der Waals surface area contributed by atoms with Crippen LogP contribution in [0.25, 0.3) is 22.2 Å². The van der Waals surface area contributed by atoms with Gasteiger partial charge in [0.15, 0.2) is 5.76 Å². The molecule has 2 atom stereocenters. The van der Waals surface area contributed by atoms with Crippen LogP contribution in [0.2, 0.25) is 0 Å². The first kappa shape index (κ1) is 16.3. The Kier molecular flexibility index (Phi) is 3.93. The molecule has 1 aliphatic heterocycles. The standard InChI is InChI=1S/C19H16N2O5/c22-13-9-16(19(24)25)21(10-13)18(23)12-6-7-15-14(8-12)17(26-20-15)11-4-2-1-3-5-11/h1-8,13,16,22H,9-10H2,(H,24,25). The van der Waals surface area contributed by atoms with Crippen LogP contribution in [0, 0.1) is 0 Å². The minimum absolute atomic E-state index is 0.00299. The summed E-state index contributed by atoms with van der Waals surface area (Å²) >= 11 is 0. The summed E-state index contributed by atoms with van der Waals surface area (Å²) in [7, 11) is 0. The molecule has 7 heteroatoms. The van der Waals surface area contributed by atoms with E-state index in [1.807, 2.05) is 30.3 Å². The number of hydrogen-bond acceptors (Lipinski definition) is 5. The Morgan fingerprint density at radius 2 is 1.92 bits per heavy atom. The third-order valence-corrected chi connectivity index (χ3v) is 4.58. The zero-order valence-electron chi connectivity index (χ0n) is 13.7. The molecular weight excluding hydrogens is 336 g/mol. The molecule has 1 aliphatic rings. The van der Waals surface area contributed by atoms with Crippen molar-refractivity contribution in [2.75, 3.05) is 6.54 Å². The molecule has 1 aromatic heterocycles. The number of β-amino-alcohol motifs (C(OH)–C–C–N with tert-alkyl or cyclic N) is 1. The minimum atomic E-state index is -1.12. The van der Waals surface area contributed by atoms with Gasteiger partial charge in [0.2, 0.25) is 0 Å². The van der Waals surface area contributed by atoms with Crippen LogP contribution in [0.5, 0.6) is 0 Å². The van der Waals surface area contributed by atoms with Crippen molar-refractivity contribution in [1.29, 1.82) is 0 Å². The maximum Gasteiger partial charge on any atom is 0.326 e. The van der Waals surface area contributed by atoms with Gasteiger partial charge in [-0.05, 0) is 18.2 Å². The van der Waals surface area contributed by atoms with Gasteiger partial charge in [0.1, 0.15) is 11.6 Å². The summed E-state index contributed by atoms with van der Waals surface area (Å²) in [6.07, 6.45) is -0.800. The molecule has 0 spiro atoms. The number of rotatable bonds is 3. The maximum absolute atomic E-state index is 12.8. The molecule has 0 aliphatic carbocycles. The van der Waals surface area contributed by atoms with Crippen LogP contribution in [-0.4, -0.2) is 50.8 Å². The van der Waals surface area contributed by atoms with E-state index in [0.29, 0.717) is 22.2 Å². The highest BCUT2D eigenvalue weighted by Crippen LogP contribution is 2.30. The van der Waals surface area contributed by atoms with Crippen LogP contribution >= 0.6 is 0 Å². The Bertz CT molecular complexity index is 982. The summed E-state index contributed by atoms with van der Waals surface area (Å²) in [5.74, 6) is -1.01. The van der Waals surface area contributed by atoms with Crippen LogP contribution in [-0.2, 0) is 4.79 Å². The van der Waals surface area contributed by atoms with Crippen LogP contribution in [0.3, 0.4) is 0 Å². The molecule has 1 fully saturated rings. The number of aliphatic hydroxyl groups is 1. The number of likely N-dealkylation sites (tertiary alicyclic amines) is 1. The van der Waals surface area contributed by atoms with E-state index in [0.717, 1.165) is 5.56 Å². The summed E-state index contributed by atoms with van der Waals surface area (Å²) in [5.41, 5.74) is 1.77. The number of carbonyl (C=O) groups excluding carboxylic acids is 1. The second-order valence-corrected chi connectivity index (χ2v) is 6.31. The Morgan fingerprint density at radius 1 is 1.15 bits per heavy atom. The number of aliphatic hydroxyl groups excluding tert-OH is 1. The van der Waals surface area contributed by atoms with Crippen LogP contribution in [0.1, 0.15) is 16.8 Å². The number of carboxylic acids is 1. The van der Waals surface area contributed by atoms with Gasteiger partial charge in [-0.2, -0.15) is 0 Å². The third-order valence-electron chi connectivity index (χ3n) is 4.58. The van der Waals surface area contributed by atoms with Crippen molar-refractivity contribution in [3.05, 3.63) is 54.1 Å². The molecular formula is C19H16N2O5. The van der Waals surface area contributed by atoms with Gasteiger partial charge in [-0.15, -0.1) is 0 Å². The predicted molar refractivity (Wildman–Crippen MR) is 92.5 cm³/mol. The zero-order valence-corrected chi connectivity index (χ0v) is 13.7. The predicted octanol–water partition coefficient (Wildman–Crippen LogP) is 2.15. The first-order chi connectivity index (χ1) is 12.5. The highest BCUT2D eigenvalue weighted by Gasteiger charge is 2.39. The van der Waals surface area contributed by atoms with E-state index >= 15 is 0 Å². The Morgan fingerprint density at radius 3 is 2.65 bits per heavy atom. The molecule has 132 valence electrons. The Balaban J connectivity index is 1.73. The average molecular weight is 352 g/mol. The van der Waals surface area contributed by atoms with E-state index in [1.54, 1.807) is 18.2 Å². The minimum Gasteiger partial charge on any atom is -0.480 e. The first-order valence-electron chi connectivity index (χ1n) is 8.21. The lowest BCUT2D eigenvalue weighted by Gasteiger charge is -2.21.